The molecule has 2 aromatic rings. The minimum atomic E-state index is -3.84. The number of carboxylic acids is 1. The number of hydrogen-bond acceptors (Lipinski definition) is 5. The minimum absolute atomic E-state index is 0.106. The highest BCUT2D eigenvalue weighted by Gasteiger charge is 2.49. The molecule has 9 heteroatoms. The molecule has 0 atom stereocenters. The number of nitrogens with zero attached hydrogens (tertiary/aromatic N) is 2. The summed E-state index contributed by atoms with van der Waals surface area (Å²) < 4.78 is 26.0. The van der Waals surface area contributed by atoms with Gasteiger partial charge < -0.3 is 10.2 Å². The van der Waals surface area contributed by atoms with Crippen LogP contribution in [0.2, 0.25) is 0 Å². The van der Waals surface area contributed by atoms with Crippen LogP contribution in [0.5, 0.6) is 0 Å². The number of carboxylic acid groups (broad SMARTS) is 1. The lowest BCUT2D eigenvalue weighted by Crippen LogP contribution is -2.61. The van der Waals surface area contributed by atoms with E-state index < -0.39 is 21.6 Å². The van der Waals surface area contributed by atoms with Crippen molar-refractivity contribution in [2.24, 2.45) is 0 Å². The molecule has 1 aliphatic heterocycles. The molecule has 116 valence electrons. The van der Waals surface area contributed by atoms with Gasteiger partial charge in [-0.05, 0) is 24.3 Å². The molecule has 0 amide bonds. The fourth-order valence-corrected chi connectivity index (χ4v) is 3.92. The van der Waals surface area contributed by atoms with Gasteiger partial charge in [0.1, 0.15) is 5.60 Å². The number of carbonyl (C=O) groups is 1. The second-order valence-electron chi connectivity index (χ2n) is 5.11. The van der Waals surface area contributed by atoms with Crippen molar-refractivity contribution >= 4 is 16.0 Å². The molecule has 0 aliphatic carbocycles. The molecule has 1 aromatic carbocycles. The predicted molar refractivity (Wildman–Crippen MR) is 74.6 cm³/mol. The van der Waals surface area contributed by atoms with E-state index in [0.29, 0.717) is 5.69 Å². The van der Waals surface area contributed by atoms with Crippen molar-refractivity contribution in [1.82, 2.24) is 14.5 Å². The van der Waals surface area contributed by atoms with Crippen LogP contribution in [0.25, 0.3) is 0 Å². The van der Waals surface area contributed by atoms with Crippen LogP contribution in [-0.4, -0.2) is 52.2 Å². The molecule has 1 saturated heterocycles. The Morgan fingerprint density at radius 1 is 1.32 bits per heavy atom. The lowest BCUT2D eigenvalue weighted by Gasteiger charge is -2.44. The summed E-state index contributed by atoms with van der Waals surface area (Å²) >= 11 is 0. The molecule has 3 N–H and O–H groups in total. The Morgan fingerprint density at radius 2 is 2.05 bits per heavy atom. The van der Waals surface area contributed by atoms with Crippen molar-refractivity contribution in [1.29, 1.82) is 0 Å². The van der Waals surface area contributed by atoms with Crippen molar-refractivity contribution in [3.8, 4) is 0 Å². The summed E-state index contributed by atoms with van der Waals surface area (Å²) in [4.78, 5) is 10.8. The van der Waals surface area contributed by atoms with E-state index in [1.807, 2.05) is 0 Å². The third kappa shape index (κ3) is 2.28. The van der Waals surface area contributed by atoms with Crippen LogP contribution in [0.1, 0.15) is 16.1 Å². The summed E-state index contributed by atoms with van der Waals surface area (Å²) in [6.45, 7) is -0.232. The maximum atomic E-state index is 12.4. The Bertz CT molecular complexity index is 810. The quantitative estimate of drug-likeness (QED) is 0.727. The Balaban J connectivity index is 1.84. The number of aromatic amines is 1. The van der Waals surface area contributed by atoms with Crippen molar-refractivity contribution in [3.63, 3.8) is 0 Å². The molecule has 22 heavy (non-hydrogen) atoms. The zero-order chi connectivity index (χ0) is 16.0. The van der Waals surface area contributed by atoms with E-state index >= 15 is 0 Å². The van der Waals surface area contributed by atoms with Crippen LogP contribution in [0.15, 0.2) is 41.4 Å². The summed E-state index contributed by atoms with van der Waals surface area (Å²) in [7, 11) is -3.84. The maximum Gasteiger partial charge on any atom is 0.335 e. The van der Waals surface area contributed by atoms with E-state index in [2.05, 4.69) is 10.2 Å². The smallest absolute Gasteiger partial charge is 0.335 e. The van der Waals surface area contributed by atoms with Crippen LogP contribution in [0.4, 0.5) is 0 Å². The van der Waals surface area contributed by atoms with E-state index in [0.717, 1.165) is 10.4 Å². The van der Waals surface area contributed by atoms with Gasteiger partial charge in [0.15, 0.2) is 0 Å². The normalized spacial score (nSPS) is 17.9. The largest absolute Gasteiger partial charge is 0.478 e. The van der Waals surface area contributed by atoms with Gasteiger partial charge in [-0.1, -0.05) is 6.07 Å². The van der Waals surface area contributed by atoms with Gasteiger partial charge in [0.2, 0.25) is 10.0 Å². The average molecular weight is 323 g/mol. The topological polar surface area (TPSA) is 124 Å². The number of hydrogen-bond donors (Lipinski definition) is 3. The zero-order valence-corrected chi connectivity index (χ0v) is 12.1. The van der Waals surface area contributed by atoms with Gasteiger partial charge in [-0.15, -0.1) is 0 Å². The van der Waals surface area contributed by atoms with E-state index in [4.69, 9.17) is 5.11 Å². The Morgan fingerprint density at radius 3 is 2.64 bits per heavy atom. The minimum Gasteiger partial charge on any atom is -0.478 e. The van der Waals surface area contributed by atoms with Crippen molar-refractivity contribution in [3.05, 3.63) is 47.8 Å². The summed E-state index contributed by atoms with van der Waals surface area (Å²) in [5, 5.41) is 25.6. The number of aromatic carboxylic acids is 1. The average Bonchev–Trinajstić information content (AvgIpc) is 2.98. The highest BCUT2D eigenvalue weighted by atomic mass is 32.2. The summed E-state index contributed by atoms with van der Waals surface area (Å²) in [6.07, 6.45) is 1.47. The molecular formula is C13H13N3O5S. The zero-order valence-electron chi connectivity index (χ0n) is 11.3. The molecule has 1 aromatic heterocycles. The van der Waals surface area contributed by atoms with Gasteiger partial charge in [0, 0.05) is 19.3 Å². The Hall–Kier alpha value is -2.23. The van der Waals surface area contributed by atoms with Crippen LogP contribution >= 0.6 is 0 Å². The van der Waals surface area contributed by atoms with Gasteiger partial charge in [0.05, 0.1) is 16.2 Å². The Kier molecular flexibility index (Phi) is 3.28. The van der Waals surface area contributed by atoms with Crippen LogP contribution in [0.3, 0.4) is 0 Å². The molecule has 0 unspecified atom stereocenters. The number of benzene rings is 1. The number of H-pyrrole nitrogens is 1. The number of nitrogens with one attached hydrogen (secondary N) is 1. The predicted octanol–water partition coefficient (Wildman–Crippen LogP) is 0.0000000000000000555. The van der Waals surface area contributed by atoms with Gasteiger partial charge in [0.25, 0.3) is 0 Å². The SMILES string of the molecule is O=C(O)c1cccc(S(=O)(=O)N2CC(O)(c3ccn[nH]3)C2)c1. The number of aliphatic hydroxyl groups is 1. The fourth-order valence-electron chi connectivity index (χ4n) is 2.33. The third-order valence-electron chi connectivity index (χ3n) is 3.60. The summed E-state index contributed by atoms with van der Waals surface area (Å²) in [5.74, 6) is -1.20. The van der Waals surface area contributed by atoms with Gasteiger partial charge in [-0.25, -0.2) is 13.2 Å². The first-order chi connectivity index (χ1) is 10.3. The lowest BCUT2D eigenvalue weighted by atomic mass is 9.93. The molecule has 0 saturated carbocycles. The van der Waals surface area contributed by atoms with Crippen LogP contribution in [-0.2, 0) is 15.6 Å². The highest BCUT2D eigenvalue weighted by molar-refractivity contribution is 7.89. The number of sulfonamides is 1. The monoisotopic (exact) mass is 323 g/mol. The van der Waals surface area contributed by atoms with Crippen molar-refractivity contribution in [2.45, 2.75) is 10.5 Å². The Labute approximate surface area is 126 Å². The molecule has 1 aliphatic rings. The molecule has 0 radical (unpaired) electrons. The standard InChI is InChI=1S/C13H13N3O5S/c17-12(18)9-2-1-3-10(6-9)22(20,21)16-7-13(19,8-16)11-4-5-14-15-11/h1-6,19H,7-8H2,(H,14,15)(H,17,18). The van der Waals surface area contributed by atoms with E-state index in [-0.39, 0.29) is 23.5 Å². The molecule has 2 heterocycles. The highest BCUT2D eigenvalue weighted by Crippen LogP contribution is 2.34. The maximum absolute atomic E-state index is 12.4. The van der Waals surface area contributed by atoms with Crippen LogP contribution < -0.4 is 0 Å². The molecule has 3 rings (SSSR count). The first-order valence-corrected chi connectivity index (χ1v) is 7.83. The first kappa shape index (κ1) is 14.7. The van der Waals surface area contributed by atoms with E-state index in [9.17, 15) is 18.3 Å². The summed E-state index contributed by atoms with van der Waals surface area (Å²) in [5.41, 5.74) is -0.961. The van der Waals surface area contributed by atoms with Crippen molar-refractivity contribution < 1.29 is 23.4 Å². The molecule has 0 spiro atoms. The lowest BCUT2D eigenvalue weighted by molar-refractivity contribution is -0.0682. The van der Waals surface area contributed by atoms with Crippen molar-refractivity contribution in [2.75, 3.05) is 13.1 Å². The number of β-amino-alcohol motifs (C(OH)–C–C–N with tert-alkyl or cyclic N) is 1. The molecule has 8 nitrogen and oxygen atoms in total. The van der Waals surface area contributed by atoms with Gasteiger partial charge in [-0.3, -0.25) is 5.10 Å². The number of aromatic nitrogens is 2. The summed E-state index contributed by atoms with van der Waals surface area (Å²) in [6, 6.07) is 6.70. The second-order valence-corrected chi connectivity index (χ2v) is 7.05. The van der Waals surface area contributed by atoms with E-state index in [1.165, 1.54) is 24.4 Å². The molecule has 1 fully saturated rings. The second kappa shape index (κ2) is 4.90. The van der Waals surface area contributed by atoms with E-state index in [1.54, 1.807) is 6.07 Å². The first-order valence-electron chi connectivity index (χ1n) is 6.39. The number of rotatable bonds is 4. The molecular weight excluding hydrogens is 310 g/mol. The molecule has 0 bridgehead atoms. The van der Waals surface area contributed by atoms with Gasteiger partial charge in [-0.2, -0.15) is 9.40 Å². The van der Waals surface area contributed by atoms with Crippen LogP contribution in [0, 0.1) is 0 Å². The fraction of sp³-hybridized carbons (Fsp3) is 0.231. The third-order valence-corrected chi connectivity index (χ3v) is 5.38. The van der Waals surface area contributed by atoms with Gasteiger partial charge >= 0.3 is 5.97 Å².